The number of nitrogens with one attached hydrogen (secondary N) is 1. The Bertz CT molecular complexity index is 634. The zero-order valence-electron chi connectivity index (χ0n) is 7.36. The highest BCUT2D eigenvalue weighted by molar-refractivity contribution is 8.13. The van der Waals surface area contributed by atoms with Gasteiger partial charge in [0.05, 0.1) is 16.7 Å². The van der Waals surface area contributed by atoms with E-state index in [1.165, 1.54) is 12.1 Å². The van der Waals surface area contributed by atoms with E-state index in [9.17, 15) is 8.42 Å². The lowest BCUT2D eigenvalue weighted by Gasteiger charge is -2.00. The molecule has 0 fully saturated rings. The summed E-state index contributed by atoms with van der Waals surface area (Å²) in [6, 6.07) is 2.70. The molecule has 0 unspecified atom stereocenters. The minimum absolute atomic E-state index is 0.0454. The molecule has 0 aliphatic rings. The molecule has 5 N–H and O–H groups in total. The van der Waals surface area contributed by atoms with Gasteiger partial charge in [-0.25, -0.2) is 13.4 Å². The molecule has 0 amide bonds. The summed E-state index contributed by atoms with van der Waals surface area (Å²) in [5.74, 6) is 0.188. The molecule has 0 aliphatic carbocycles. The third kappa shape index (κ3) is 1.71. The summed E-state index contributed by atoms with van der Waals surface area (Å²) in [7, 11) is 1.34. The van der Waals surface area contributed by atoms with Crippen LogP contribution >= 0.6 is 10.7 Å². The van der Waals surface area contributed by atoms with E-state index in [0.29, 0.717) is 11.0 Å². The molecule has 0 atom stereocenters. The summed E-state index contributed by atoms with van der Waals surface area (Å²) in [5, 5.41) is 0. The fourth-order valence-corrected chi connectivity index (χ4v) is 2.28. The van der Waals surface area contributed by atoms with Gasteiger partial charge in [-0.1, -0.05) is 0 Å². The van der Waals surface area contributed by atoms with Crippen molar-refractivity contribution in [3.8, 4) is 0 Å². The standard InChI is InChI=1S/C7H7ClN4O2S/c8-15(13,14)6-2-5-4(1-3(6)9)11-7(10)12-5/h1-2H,9H2,(H3,10,11,12). The topological polar surface area (TPSA) is 115 Å². The smallest absolute Gasteiger partial charge is 0.263 e. The van der Waals surface area contributed by atoms with E-state index in [1.54, 1.807) is 0 Å². The number of hydrogen-bond acceptors (Lipinski definition) is 5. The van der Waals surface area contributed by atoms with Crippen LogP contribution in [0.15, 0.2) is 17.0 Å². The predicted octanol–water partition coefficient (Wildman–Crippen LogP) is 0.655. The van der Waals surface area contributed by atoms with Gasteiger partial charge < -0.3 is 16.5 Å². The zero-order valence-corrected chi connectivity index (χ0v) is 8.93. The molecule has 0 aliphatic heterocycles. The summed E-state index contributed by atoms with van der Waals surface area (Å²) in [5.41, 5.74) is 11.9. The average Bonchev–Trinajstić information content (AvgIpc) is 2.40. The van der Waals surface area contributed by atoms with E-state index in [0.717, 1.165) is 0 Å². The van der Waals surface area contributed by atoms with Crippen LogP contribution in [0.4, 0.5) is 11.6 Å². The van der Waals surface area contributed by atoms with Gasteiger partial charge in [0.25, 0.3) is 9.05 Å². The van der Waals surface area contributed by atoms with Gasteiger partial charge in [0.2, 0.25) is 0 Å². The summed E-state index contributed by atoms with van der Waals surface area (Å²) in [6.07, 6.45) is 0. The Morgan fingerprint density at radius 2 is 2.00 bits per heavy atom. The van der Waals surface area contributed by atoms with Crippen LogP contribution in [-0.4, -0.2) is 18.4 Å². The maximum Gasteiger partial charge on any atom is 0.263 e. The highest BCUT2D eigenvalue weighted by atomic mass is 35.7. The molecule has 2 aromatic rings. The van der Waals surface area contributed by atoms with E-state index in [2.05, 4.69) is 9.97 Å². The first-order chi connectivity index (χ1) is 6.88. The van der Waals surface area contributed by atoms with Crippen molar-refractivity contribution < 1.29 is 8.42 Å². The molecule has 1 aromatic carbocycles. The first kappa shape index (κ1) is 10.1. The lowest BCUT2D eigenvalue weighted by molar-refractivity contribution is 0.610. The van der Waals surface area contributed by atoms with E-state index < -0.39 is 9.05 Å². The van der Waals surface area contributed by atoms with Gasteiger partial charge in [-0.2, -0.15) is 0 Å². The molecule has 1 aromatic heterocycles. The Morgan fingerprint density at radius 3 is 2.60 bits per heavy atom. The van der Waals surface area contributed by atoms with Gasteiger partial charge >= 0.3 is 0 Å². The first-order valence-electron chi connectivity index (χ1n) is 3.87. The first-order valence-corrected chi connectivity index (χ1v) is 6.18. The fourth-order valence-electron chi connectivity index (χ4n) is 1.28. The number of nitrogens with zero attached hydrogens (tertiary/aromatic N) is 1. The van der Waals surface area contributed by atoms with E-state index in [1.807, 2.05) is 0 Å². The molecular formula is C7H7ClN4O2S. The number of benzene rings is 1. The quantitative estimate of drug-likeness (QED) is 0.505. The van der Waals surface area contributed by atoms with Crippen molar-refractivity contribution >= 4 is 42.4 Å². The van der Waals surface area contributed by atoms with Crippen LogP contribution in [0.25, 0.3) is 11.0 Å². The third-order valence-corrected chi connectivity index (χ3v) is 3.27. The van der Waals surface area contributed by atoms with Crippen molar-refractivity contribution in [3.05, 3.63) is 12.1 Å². The number of nitrogens with two attached hydrogens (primary N) is 2. The van der Waals surface area contributed by atoms with Crippen LogP contribution in [0.1, 0.15) is 0 Å². The average molecular weight is 247 g/mol. The molecule has 0 spiro atoms. The van der Waals surface area contributed by atoms with Gasteiger partial charge in [0.15, 0.2) is 5.95 Å². The van der Waals surface area contributed by atoms with Crippen molar-refractivity contribution in [1.82, 2.24) is 9.97 Å². The Kier molecular flexibility index (Phi) is 2.02. The predicted molar refractivity (Wildman–Crippen MR) is 58.0 cm³/mol. The number of aromatic amines is 1. The van der Waals surface area contributed by atoms with Crippen LogP contribution < -0.4 is 11.5 Å². The van der Waals surface area contributed by atoms with Gasteiger partial charge in [-0.3, -0.25) is 0 Å². The van der Waals surface area contributed by atoms with Crippen LogP contribution in [0, 0.1) is 0 Å². The molecule has 2 rings (SSSR count). The molecule has 6 nitrogen and oxygen atoms in total. The Morgan fingerprint density at radius 1 is 1.33 bits per heavy atom. The van der Waals surface area contributed by atoms with E-state index in [-0.39, 0.29) is 16.5 Å². The maximum atomic E-state index is 11.1. The van der Waals surface area contributed by atoms with Crippen LogP contribution in [0.3, 0.4) is 0 Å². The summed E-state index contributed by atoms with van der Waals surface area (Å²) >= 11 is 0. The monoisotopic (exact) mass is 246 g/mol. The van der Waals surface area contributed by atoms with Gasteiger partial charge in [-0.15, -0.1) is 0 Å². The van der Waals surface area contributed by atoms with Gasteiger partial charge in [0, 0.05) is 10.7 Å². The van der Waals surface area contributed by atoms with Crippen LogP contribution in [0.2, 0.25) is 0 Å². The molecular weight excluding hydrogens is 240 g/mol. The molecule has 0 saturated heterocycles. The second-order valence-corrected chi connectivity index (χ2v) is 5.50. The third-order valence-electron chi connectivity index (χ3n) is 1.89. The number of nitrogen functional groups attached to an aromatic ring is 2. The maximum absolute atomic E-state index is 11.1. The Hall–Kier alpha value is -1.47. The fraction of sp³-hybridized carbons (Fsp3) is 0. The number of fused-ring (bicyclic) bond motifs is 1. The number of rotatable bonds is 1. The second kappa shape index (κ2) is 3.01. The number of H-pyrrole nitrogens is 1. The normalized spacial score (nSPS) is 12.1. The molecule has 1 heterocycles. The van der Waals surface area contributed by atoms with Crippen molar-refractivity contribution in [1.29, 1.82) is 0 Å². The highest BCUT2D eigenvalue weighted by Crippen LogP contribution is 2.27. The minimum Gasteiger partial charge on any atom is -0.398 e. The molecule has 8 heteroatoms. The number of aromatic nitrogens is 2. The van der Waals surface area contributed by atoms with Crippen molar-refractivity contribution in [2.45, 2.75) is 4.90 Å². The van der Waals surface area contributed by atoms with Crippen LogP contribution in [0.5, 0.6) is 0 Å². The van der Waals surface area contributed by atoms with Crippen molar-refractivity contribution in [3.63, 3.8) is 0 Å². The van der Waals surface area contributed by atoms with E-state index in [4.69, 9.17) is 22.1 Å². The SMILES string of the molecule is Nc1nc2cc(N)c(S(=O)(=O)Cl)cc2[nH]1. The Balaban J connectivity index is 2.83. The Labute approximate surface area is 89.7 Å². The molecule has 0 radical (unpaired) electrons. The van der Waals surface area contributed by atoms with Gasteiger partial charge in [-0.05, 0) is 12.1 Å². The number of imidazole rings is 1. The number of anilines is 2. The summed E-state index contributed by atoms with van der Waals surface area (Å²) in [4.78, 5) is 6.44. The number of halogens is 1. The molecule has 0 saturated carbocycles. The molecule has 80 valence electrons. The molecule has 0 bridgehead atoms. The van der Waals surface area contributed by atoms with Gasteiger partial charge in [0.1, 0.15) is 4.90 Å². The van der Waals surface area contributed by atoms with Crippen molar-refractivity contribution in [2.75, 3.05) is 11.5 Å². The largest absolute Gasteiger partial charge is 0.398 e. The number of hydrogen-bond donors (Lipinski definition) is 3. The minimum atomic E-state index is -3.86. The summed E-state index contributed by atoms with van der Waals surface area (Å²) in [6.45, 7) is 0. The van der Waals surface area contributed by atoms with Crippen LogP contribution in [-0.2, 0) is 9.05 Å². The van der Waals surface area contributed by atoms with E-state index >= 15 is 0 Å². The lowest BCUT2D eigenvalue weighted by atomic mass is 10.3. The molecule has 15 heavy (non-hydrogen) atoms. The van der Waals surface area contributed by atoms with Crippen molar-refractivity contribution in [2.24, 2.45) is 0 Å². The lowest BCUT2D eigenvalue weighted by Crippen LogP contribution is -1.97. The zero-order chi connectivity index (χ0) is 11.2. The summed E-state index contributed by atoms with van der Waals surface area (Å²) < 4.78 is 22.2. The second-order valence-electron chi connectivity index (χ2n) is 2.97. The highest BCUT2D eigenvalue weighted by Gasteiger charge is 2.16.